The molecule has 0 spiro atoms. The SMILES string of the molecule is CC(Sc1ncccc1[N+](=O)[O-])C(=O)c1c[nH]c2ccccc12. The average molecular weight is 327 g/mol. The Kier molecular flexibility index (Phi) is 4.12. The summed E-state index contributed by atoms with van der Waals surface area (Å²) in [6.45, 7) is 1.73. The molecule has 6 nitrogen and oxygen atoms in total. The fourth-order valence-electron chi connectivity index (χ4n) is 2.33. The van der Waals surface area contributed by atoms with Crippen molar-refractivity contribution in [1.29, 1.82) is 0 Å². The number of H-pyrrole nitrogens is 1. The van der Waals surface area contributed by atoms with Gasteiger partial charge < -0.3 is 4.98 Å². The van der Waals surface area contributed by atoms with Crippen LogP contribution in [0.4, 0.5) is 5.69 Å². The van der Waals surface area contributed by atoms with Crippen molar-refractivity contribution in [2.75, 3.05) is 0 Å². The second-order valence-electron chi connectivity index (χ2n) is 4.96. The molecule has 2 heterocycles. The first-order valence-electron chi connectivity index (χ1n) is 6.94. The van der Waals surface area contributed by atoms with Crippen LogP contribution < -0.4 is 0 Å². The van der Waals surface area contributed by atoms with Crippen LogP contribution in [0.15, 0.2) is 53.8 Å². The Hall–Kier alpha value is -2.67. The molecule has 0 saturated carbocycles. The number of thioether (sulfide) groups is 1. The molecule has 0 fully saturated rings. The average Bonchev–Trinajstić information content (AvgIpc) is 2.98. The summed E-state index contributed by atoms with van der Waals surface area (Å²) in [6, 6.07) is 10.4. The summed E-state index contributed by atoms with van der Waals surface area (Å²) in [5.41, 5.74) is 1.38. The van der Waals surface area contributed by atoms with E-state index in [1.54, 1.807) is 13.1 Å². The summed E-state index contributed by atoms with van der Waals surface area (Å²) in [4.78, 5) is 30.3. The van der Waals surface area contributed by atoms with Gasteiger partial charge in [0.05, 0.1) is 10.2 Å². The van der Waals surface area contributed by atoms with E-state index >= 15 is 0 Å². The summed E-state index contributed by atoms with van der Waals surface area (Å²) in [7, 11) is 0. The van der Waals surface area contributed by atoms with Crippen molar-refractivity contribution in [3.63, 3.8) is 0 Å². The molecule has 3 rings (SSSR count). The van der Waals surface area contributed by atoms with Gasteiger partial charge in [0, 0.05) is 34.9 Å². The van der Waals surface area contributed by atoms with Crippen LogP contribution in [0.25, 0.3) is 10.9 Å². The number of nitrogens with zero attached hydrogens (tertiary/aromatic N) is 2. The Balaban J connectivity index is 1.88. The highest BCUT2D eigenvalue weighted by molar-refractivity contribution is 8.00. The Morgan fingerprint density at radius 1 is 1.30 bits per heavy atom. The second kappa shape index (κ2) is 6.21. The largest absolute Gasteiger partial charge is 0.360 e. The van der Waals surface area contributed by atoms with E-state index in [2.05, 4.69) is 9.97 Å². The first-order valence-corrected chi connectivity index (χ1v) is 7.82. The van der Waals surface area contributed by atoms with Gasteiger partial charge in [-0.2, -0.15) is 0 Å². The van der Waals surface area contributed by atoms with Crippen LogP contribution in [0.1, 0.15) is 17.3 Å². The van der Waals surface area contributed by atoms with E-state index in [-0.39, 0.29) is 16.5 Å². The molecule has 2 aromatic heterocycles. The molecule has 0 aliphatic rings. The van der Waals surface area contributed by atoms with Gasteiger partial charge in [0.1, 0.15) is 0 Å². The summed E-state index contributed by atoms with van der Waals surface area (Å²) >= 11 is 1.10. The van der Waals surface area contributed by atoms with Crippen LogP contribution in [-0.2, 0) is 0 Å². The third kappa shape index (κ3) is 2.95. The zero-order chi connectivity index (χ0) is 16.4. The number of pyridine rings is 1. The summed E-state index contributed by atoms with van der Waals surface area (Å²) in [5.74, 6) is -0.0904. The predicted molar refractivity (Wildman–Crippen MR) is 88.8 cm³/mol. The van der Waals surface area contributed by atoms with Crippen LogP contribution in [0, 0.1) is 10.1 Å². The zero-order valence-electron chi connectivity index (χ0n) is 12.2. The third-order valence-corrected chi connectivity index (χ3v) is 4.57. The number of nitro groups is 1. The number of carbonyl (C=O) groups is 1. The van der Waals surface area contributed by atoms with Gasteiger partial charge in [0.25, 0.3) is 0 Å². The van der Waals surface area contributed by atoms with Gasteiger partial charge in [-0.15, -0.1) is 0 Å². The topological polar surface area (TPSA) is 88.9 Å². The van der Waals surface area contributed by atoms with Gasteiger partial charge in [0.2, 0.25) is 0 Å². The minimum atomic E-state index is -0.488. The number of aromatic nitrogens is 2. The Morgan fingerprint density at radius 2 is 2.09 bits per heavy atom. The fourth-order valence-corrected chi connectivity index (χ4v) is 3.28. The standard InChI is InChI=1S/C16H13N3O3S/c1-10(23-16-14(19(21)22)7-4-8-17-16)15(20)12-9-18-13-6-3-2-5-11(12)13/h2-10,18H,1H3. The van der Waals surface area contributed by atoms with E-state index < -0.39 is 10.2 Å². The van der Waals surface area contributed by atoms with Gasteiger partial charge in [-0.05, 0) is 19.1 Å². The lowest BCUT2D eigenvalue weighted by Crippen LogP contribution is -2.13. The number of rotatable bonds is 5. The highest BCUT2D eigenvalue weighted by Gasteiger charge is 2.24. The Bertz CT molecular complexity index is 891. The van der Waals surface area contributed by atoms with Crippen molar-refractivity contribution < 1.29 is 9.72 Å². The van der Waals surface area contributed by atoms with Crippen LogP contribution in [0.3, 0.4) is 0 Å². The zero-order valence-corrected chi connectivity index (χ0v) is 13.0. The molecule has 1 aromatic carbocycles. The van der Waals surface area contributed by atoms with Gasteiger partial charge in [-0.3, -0.25) is 14.9 Å². The molecule has 1 unspecified atom stereocenters. The van der Waals surface area contributed by atoms with Crippen molar-refractivity contribution in [3.8, 4) is 0 Å². The van der Waals surface area contributed by atoms with Crippen molar-refractivity contribution in [2.24, 2.45) is 0 Å². The fraction of sp³-hybridized carbons (Fsp3) is 0.125. The van der Waals surface area contributed by atoms with Gasteiger partial charge >= 0.3 is 5.69 Å². The molecule has 7 heteroatoms. The van der Waals surface area contributed by atoms with E-state index in [0.29, 0.717) is 5.56 Å². The minimum absolute atomic E-state index is 0.0870. The monoisotopic (exact) mass is 327 g/mol. The molecule has 1 atom stereocenters. The number of Topliss-reactive ketones (excluding diaryl/α,β-unsaturated/α-hetero) is 1. The first kappa shape index (κ1) is 15.2. The van der Waals surface area contributed by atoms with E-state index in [0.717, 1.165) is 22.7 Å². The van der Waals surface area contributed by atoms with Gasteiger partial charge in [-0.1, -0.05) is 30.0 Å². The second-order valence-corrected chi connectivity index (χ2v) is 6.29. The Labute approximate surface area is 136 Å². The van der Waals surface area contributed by atoms with Crippen molar-refractivity contribution in [1.82, 2.24) is 9.97 Å². The molecule has 0 aliphatic heterocycles. The molecule has 1 N–H and O–H groups in total. The lowest BCUT2D eigenvalue weighted by Gasteiger charge is -2.09. The molecular weight excluding hydrogens is 314 g/mol. The molecule has 0 radical (unpaired) electrons. The number of hydrogen-bond donors (Lipinski definition) is 1. The van der Waals surface area contributed by atoms with Crippen molar-refractivity contribution in [3.05, 3.63) is 64.5 Å². The number of benzene rings is 1. The van der Waals surface area contributed by atoms with Gasteiger partial charge in [-0.25, -0.2) is 4.98 Å². The maximum Gasteiger partial charge on any atom is 0.301 e. The highest BCUT2D eigenvalue weighted by Crippen LogP contribution is 2.32. The van der Waals surface area contributed by atoms with Crippen molar-refractivity contribution in [2.45, 2.75) is 17.2 Å². The normalized spacial score (nSPS) is 12.2. The summed E-state index contributed by atoms with van der Waals surface area (Å²) < 4.78 is 0. The number of carbonyl (C=O) groups excluding carboxylic acids is 1. The quantitative estimate of drug-likeness (QED) is 0.333. The summed E-state index contributed by atoms with van der Waals surface area (Å²) in [5, 5.41) is 11.7. The van der Waals surface area contributed by atoms with E-state index in [9.17, 15) is 14.9 Å². The predicted octanol–water partition coefficient (Wildman–Crippen LogP) is 3.83. The molecular formula is C16H13N3O3S. The molecule has 3 aromatic rings. The van der Waals surface area contributed by atoms with Crippen LogP contribution in [0.5, 0.6) is 0 Å². The van der Waals surface area contributed by atoms with E-state index in [1.165, 1.54) is 18.3 Å². The van der Waals surface area contributed by atoms with Crippen LogP contribution in [0.2, 0.25) is 0 Å². The first-order chi connectivity index (χ1) is 11.1. The lowest BCUT2D eigenvalue weighted by molar-refractivity contribution is -0.388. The molecule has 0 amide bonds. The number of fused-ring (bicyclic) bond motifs is 1. The number of ketones is 1. The molecule has 0 bridgehead atoms. The van der Waals surface area contributed by atoms with E-state index in [4.69, 9.17) is 0 Å². The highest BCUT2D eigenvalue weighted by atomic mass is 32.2. The number of aromatic amines is 1. The van der Waals surface area contributed by atoms with Crippen molar-refractivity contribution >= 4 is 34.1 Å². The lowest BCUT2D eigenvalue weighted by atomic mass is 10.1. The third-order valence-electron chi connectivity index (χ3n) is 3.46. The van der Waals surface area contributed by atoms with Gasteiger partial charge in [0.15, 0.2) is 10.8 Å². The minimum Gasteiger partial charge on any atom is -0.360 e. The number of para-hydroxylation sites is 1. The van der Waals surface area contributed by atoms with Crippen LogP contribution >= 0.6 is 11.8 Å². The maximum atomic E-state index is 12.7. The maximum absolute atomic E-state index is 12.7. The van der Waals surface area contributed by atoms with Crippen LogP contribution in [-0.4, -0.2) is 25.9 Å². The molecule has 116 valence electrons. The summed E-state index contributed by atoms with van der Waals surface area (Å²) in [6.07, 6.45) is 3.16. The van der Waals surface area contributed by atoms with E-state index in [1.807, 2.05) is 24.3 Å². The molecule has 0 saturated heterocycles. The Morgan fingerprint density at radius 3 is 2.87 bits per heavy atom. The smallest absolute Gasteiger partial charge is 0.301 e. The number of hydrogen-bond acceptors (Lipinski definition) is 5. The molecule has 23 heavy (non-hydrogen) atoms. The molecule has 0 aliphatic carbocycles. The number of nitrogens with one attached hydrogen (secondary N) is 1.